The number of nitrogens with one attached hydrogen (secondary N) is 1. The zero-order valence-corrected chi connectivity index (χ0v) is 10.8. The Balaban J connectivity index is 2.18. The topological polar surface area (TPSA) is 81.0 Å². The quantitative estimate of drug-likeness (QED) is 0.694. The van der Waals surface area contributed by atoms with Gasteiger partial charge in [0, 0.05) is 22.6 Å². The van der Waals surface area contributed by atoms with Crippen molar-refractivity contribution >= 4 is 27.3 Å². The molecule has 1 aromatic heterocycles. The SMILES string of the molecule is O=[N+]([O-])c1ccc(Br)cc1CNc1cncnc1. The van der Waals surface area contributed by atoms with Crippen molar-refractivity contribution in [3.8, 4) is 0 Å². The van der Waals surface area contributed by atoms with Crippen LogP contribution in [-0.4, -0.2) is 14.9 Å². The molecule has 0 aliphatic heterocycles. The molecule has 0 saturated heterocycles. The second-order valence-electron chi connectivity index (χ2n) is 3.51. The van der Waals surface area contributed by atoms with E-state index < -0.39 is 4.92 Å². The maximum Gasteiger partial charge on any atom is 0.274 e. The fraction of sp³-hybridized carbons (Fsp3) is 0.0909. The van der Waals surface area contributed by atoms with Crippen molar-refractivity contribution in [2.24, 2.45) is 0 Å². The maximum absolute atomic E-state index is 10.9. The minimum atomic E-state index is -0.398. The molecule has 0 fully saturated rings. The van der Waals surface area contributed by atoms with Gasteiger partial charge in [0.1, 0.15) is 6.33 Å². The van der Waals surface area contributed by atoms with Gasteiger partial charge in [-0.25, -0.2) is 9.97 Å². The summed E-state index contributed by atoms with van der Waals surface area (Å²) in [5.41, 5.74) is 1.40. The Labute approximate surface area is 111 Å². The Hall–Kier alpha value is -2.02. The number of anilines is 1. The molecule has 6 nitrogen and oxygen atoms in total. The van der Waals surface area contributed by atoms with Gasteiger partial charge in [-0.1, -0.05) is 15.9 Å². The normalized spacial score (nSPS) is 10.1. The number of hydrogen-bond acceptors (Lipinski definition) is 5. The average molecular weight is 309 g/mol. The molecule has 1 heterocycles. The lowest BCUT2D eigenvalue weighted by molar-refractivity contribution is -0.385. The van der Waals surface area contributed by atoms with Crippen LogP contribution in [0.15, 0.2) is 41.4 Å². The second-order valence-corrected chi connectivity index (χ2v) is 4.43. The van der Waals surface area contributed by atoms with E-state index in [9.17, 15) is 10.1 Å². The van der Waals surface area contributed by atoms with Crippen LogP contribution in [0.25, 0.3) is 0 Å². The largest absolute Gasteiger partial charge is 0.378 e. The predicted octanol–water partition coefficient (Wildman–Crippen LogP) is 2.76. The van der Waals surface area contributed by atoms with Gasteiger partial charge in [0.25, 0.3) is 5.69 Å². The van der Waals surface area contributed by atoms with E-state index in [1.165, 1.54) is 12.4 Å². The summed E-state index contributed by atoms with van der Waals surface area (Å²) in [7, 11) is 0. The third-order valence-electron chi connectivity index (χ3n) is 2.28. The van der Waals surface area contributed by atoms with Crippen molar-refractivity contribution in [3.05, 3.63) is 57.1 Å². The lowest BCUT2D eigenvalue weighted by atomic mass is 10.2. The molecule has 0 spiro atoms. The predicted molar refractivity (Wildman–Crippen MR) is 70.2 cm³/mol. The molecular weight excluding hydrogens is 300 g/mol. The van der Waals surface area contributed by atoms with E-state index in [0.29, 0.717) is 17.8 Å². The van der Waals surface area contributed by atoms with Crippen LogP contribution < -0.4 is 5.32 Å². The first kappa shape index (κ1) is 12.4. The van der Waals surface area contributed by atoms with Crippen LogP contribution in [0.5, 0.6) is 0 Å². The van der Waals surface area contributed by atoms with Crippen molar-refractivity contribution in [1.29, 1.82) is 0 Å². The van der Waals surface area contributed by atoms with Crippen molar-refractivity contribution in [2.45, 2.75) is 6.54 Å². The highest BCUT2D eigenvalue weighted by molar-refractivity contribution is 9.10. The number of benzene rings is 1. The van der Waals surface area contributed by atoms with Gasteiger partial charge in [-0.15, -0.1) is 0 Å². The summed E-state index contributed by atoms with van der Waals surface area (Å²) in [6.07, 6.45) is 4.64. The van der Waals surface area contributed by atoms with Gasteiger partial charge in [0.15, 0.2) is 0 Å². The number of nitro groups is 1. The number of nitro benzene ring substituents is 1. The third-order valence-corrected chi connectivity index (χ3v) is 2.78. The molecule has 0 radical (unpaired) electrons. The van der Waals surface area contributed by atoms with Gasteiger partial charge in [-0.2, -0.15) is 0 Å². The summed E-state index contributed by atoms with van der Waals surface area (Å²) < 4.78 is 0.800. The summed E-state index contributed by atoms with van der Waals surface area (Å²) >= 11 is 3.30. The Kier molecular flexibility index (Phi) is 3.83. The van der Waals surface area contributed by atoms with Crippen LogP contribution in [0.3, 0.4) is 0 Å². The van der Waals surface area contributed by atoms with E-state index in [2.05, 4.69) is 31.2 Å². The molecule has 7 heteroatoms. The molecule has 0 saturated carbocycles. The van der Waals surface area contributed by atoms with Crippen molar-refractivity contribution in [3.63, 3.8) is 0 Å². The number of rotatable bonds is 4. The van der Waals surface area contributed by atoms with E-state index >= 15 is 0 Å². The number of hydrogen-bond donors (Lipinski definition) is 1. The highest BCUT2D eigenvalue weighted by atomic mass is 79.9. The second kappa shape index (κ2) is 5.54. The maximum atomic E-state index is 10.9. The first-order chi connectivity index (χ1) is 8.66. The van der Waals surface area contributed by atoms with Gasteiger partial charge in [0.2, 0.25) is 0 Å². The Morgan fingerprint density at radius 1 is 1.33 bits per heavy atom. The number of nitrogens with zero attached hydrogens (tertiary/aromatic N) is 3. The van der Waals surface area contributed by atoms with Crippen molar-refractivity contribution < 1.29 is 4.92 Å². The van der Waals surface area contributed by atoms with Crippen molar-refractivity contribution in [1.82, 2.24) is 9.97 Å². The zero-order valence-electron chi connectivity index (χ0n) is 9.21. The molecular formula is C11H9BrN4O2. The molecule has 0 amide bonds. The van der Waals surface area contributed by atoms with E-state index in [1.807, 2.05) is 0 Å². The van der Waals surface area contributed by atoms with E-state index in [-0.39, 0.29) is 5.69 Å². The van der Waals surface area contributed by atoms with Crippen LogP contribution >= 0.6 is 15.9 Å². The molecule has 1 N–H and O–H groups in total. The standard InChI is InChI=1S/C11H9BrN4O2/c12-9-1-2-11(16(17)18)8(3-9)4-15-10-5-13-7-14-6-10/h1-3,5-7,15H,4H2. The average Bonchev–Trinajstić information content (AvgIpc) is 2.37. The lowest BCUT2D eigenvalue weighted by Crippen LogP contribution is -2.03. The van der Waals surface area contributed by atoms with Gasteiger partial charge in [0.05, 0.1) is 23.0 Å². The Morgan fingerprint density at radius 3 is 2.72 bits per heavy atom. The summed E-state index contributed by atoms with van der Waals surface area (Å²) in [6, 6.07) is 4.84. The van der Waals surface area contributed by atoms with Crippen LogP contribution in [0.1, 0.15) is 5.56 Å². The summed E-state index contributed by atoms with van der Waals surface area (Å²) in [5, 5.41) is 13.9. The first-order valence-electron chi connectivity index (χ1n) is 5.08. The minimum absolute atomic E-state index is 0.0857. The Bertz CT molecular complexity index is 562. The molecule has 0 aliphatic carbocycles. The molecule has 1 aromatic carbocycles. The molecule has 0 aliphatic rings. The van der Waals surface area contributed by atoms with Crippen LogP contribution in [-0.2, 0) is 6.54 Å². The molecule has 92 valence electrons. The van der Waals surface area contributed by atoms with Gasteiger partial charge < -0.3 is 5.32 Å². The van der Waals surface area contributed by atoms with Crippen LogP contribution in [0, 0.1) is 10.1 Å². The summed E-state index contributed by atoms with van der Waals surface area (Å²) in [5.74, 6) is 0. The van der Waals surface area contributed by atoms with E-state index in [1.54, 1.807) is 24.5 Å². The van der Waals surface area contributed by atoms with Gasteiger partial charge in [-0.3, -0.25) is 10.1 Å². The summed E-state index contributed by atoms with van der Waals surface area (Å²) in [4.78, 5) is 18.2. The molecule has 2 rings (SSSR count). The highest BCUT2D eigenvalue weighted by Crippen LogP contribution is 2.23. The molecule has 2 aromatic rings. The fourth-order valence-corrected chi connectivity index (χ4v) is 1.87. The van der Waals surface area contributed by atoms with Crippen molar-refractivity contribution in [2.75, 3.05) is 5.32 Å². The Morgan fingerprint density at radius 2 is 2.06 bits per heavy atom. The smallest absolute Gasteiger partial charge is 0.274 e. The van der Waals surface area contributed by atoms with Crippen LogP contribution in [0.2, 0.25) is 0 Å². The van der Waals surface area contributed by atoms with E-state index in [4.69, 9.17) is 0 Å². The monoisotopic (exact) mass is 308 g/mol. The summed E-state index contributed by atoms with van der Waals surface area (Å²) in [6.45, 7) is 0.336. The van der Waals surface area contributed by atoms with E-state index in [0.717, 1.165) is 4.47 Å². The number of halogens is 1. The van der Waals surface area contributed by atoms with Crippen LogP contribution in [0.4, 0.5) is 11.4 Å². The minimum Gasteiger partial charge on any atom is -0.378 e. The third kappa shape index (κ3) is 3.01. The number of aromatic nitrogens is 2. The molecule has 18 heavy (non-hydrogen) atoms. The lowest BCUT2D eigenvalue weighted by Gasteiger charge is -2.06. The van der Waals surface area contributed by atoms with Gasteiger partial charge in [-0.05, 0) is 12.1 Å². The van der Waals surface area contributed by atoms with Gasteiger partial charge >= 0.3 is 0 Å². The first-order valence-corrected chi connectivity index (χ1v) is 5.88. The molecule has 0 atom stereocenters. The highest BCUT2D eigenvalue weighted by Gasteiger charge is 2.13. The molecule has 0 bridgehead atoms. The zero-order chi connectivity index (χ0) is 13.0. The fourth-order valence-electron chi connectivity index (χ4n) is 1.46. The molecule has 0 unspecified atom stereocenters.